The van der Waals surface area contributed by atoms with Crippen LogP contribution >= 0.6 is 11.6 Å². The molecule has 1 aliphatic heterocycles. The Morgan fingerprint density at radius 1 is 1.05 bits per heavy atom. The molecule has 1 aliphatic rings. The van der Waals surface area contributed by atoms with Crippen molar-refractivity contribution in [2.24, 2.45) is 0 Å². The largest absolute Gasteiger partial charge is 0.494 e. The fourth-order valence-electron chi connectivity index (χ4n) is 3.90. The van der Waals surface area contributed by atoms with E-state index in [4.69, 9.17) is 21.1 Å². The lowest BCUT2D eigenvalue weighted by Crippen LogP contribution is -2.44. The maximum atomic E-state index is 12.2. The first kappa shape index (κ1) is 28.3. The zero-order chi connectivity index (χ0) is 28.0. The van der Waals surface area contributed by atoms with Gasteiger partial charge in [-0.15, -0.1) is 5.54 Å². The maximum absolute atomic E-state index is 12.2. The molecule has 0 spiro atoms. The van der Waals surface area contributed by atoms with E-state index in [1.165, 1.54) is 0 Å². The topological polar surface area (TPSA) is 79.0 Å². The van der Waals surface area contributed by atoms with Gasteiger partial charge in [0, 0.05) is 49.7 Å². The third-order valence-electron chi connectivity index (χ3n) is 5.99. The Kier molecular flexibility index (Phi) is 9.02. The van der Waals surface area contributed by atoms with Gasteiger partial charge >= 0.3 is 0 Å². The number of ether oxygens (including phenoxy) is 2. The third-order valence-corrected chi connectivity index (χ3v) is 7.15. The van der Waals surface area contributed by atoms with Crippen molar-refractivity contribution in [1.29, 1.82) is 0 Å². The quantitative estimate of drug-likeness (QED) is 0.276. The number of piperazine rings is 1. The first-order valence-corrected chi connectivity index (χ1v) is 16.6. The minimum Gasteiger partial charge on any atom is -0.494 e. The minimum atomic E-state index is -1.65. The van der Waals surface area contributed by atoms with Crippen LogP contribution in [-0.4, -0.2) is 64.2 Å². The van der Waals surface area contributed by atoms with E-state index < -0.39 is 8.07 Å². The molecule has 1 amide bonds. The molecule has 1 aromatic heterocycles. The fourth-order valence-corrected chi connectivity index (χ4v) is 4.54. The van der Waals surface area contributed by atoms with E-state index in [0.29, 0.717) is 28.0 Å². The van der Waals surface area contributed by atoms with Crippen LogP contribution in [0.1, 0.15) is 0 Å². The summed E-state index contributed by atoms with van der Waals surface area (Å²) in [6.07, 6.45) is 0. The van der Waals surface area contributed by atoms with Crippen LogP contribution in [0.4, 0.5) is 22.9 Å². The number of pyridine rings is 1. The van der Waals surface area contributed by atoms with Gasteiger partial charge in [0.15, 0.2) is 0 Å². The van der Waals surface area contributed by atoms with Gasteiger partial charge in [-0.1, -0.05) is 37.3 Å². The predicted molar refractivity (Wildman–Crippen MR) is 162 cm³/mol. The summed E-state index contributed by atoms with van der Waals surface area (Å²) >= 11 is 6.40. The van der Waals surface area contributed by atoms with Crippen LogP contribution in [-0.2, 0) is 4.79 Å². The number of halogens is 1. The average molecular weight is 564 g/mol. The Morgan fingerprint density at radius 3 is 2.54 bits per heavy atom. The standard InChI is InChI=1S/C29H34ClN5O3Si/c1-34-14-16-35(17-15-34)22-9-11-25(26(20-22)37-2)32-27-12-10-24(30)29(33-27)38-23-8-6-7-21(19-23)31-28(36)13-18-39(3,4)5/h6-12,19-20H,14-17H2,1-5H3,(H,31,36)(H,32,33). The average Bonchev–Trinajstić information content (AvgIpc) is 2.90. The second kappa shape index (κ2) is 12.4. The molecule has 0 saturated carbocycles. The Bertz CT molecular complexity index is 1390. The van der Waals surface area contributed by atoms with Crippen LogP contribution < -0.4 is 25.0 Å². The normalized spacial score (nSPS) is 13.7. The Balaban J connectivity index is 1.47. The summed E-state index contributed by atoms with van der Waals surface area (Å²) in [5, 5.41) is 6.45. The van der Waals surface area contributed by atoms with Crippen LogP contribution in [0, 0.1) is 11.5 Å². The fraction of sp³-hybridized carbons (Fsp3) is 0.310. The van der Waals surface area contributed by atoms with Crippen molar-refractivity contribution >= 4 is 48.5 Å². The first-order valence-electron chi connectivity index (χ1n) is 12.8. The van der Waals surface area contributed by atoms with Crippen LogP contribution in [0.5, 0.6) is 17.4 Å². The number of likely N-dealkylation sites (N-methyl/N-ethyl adjacent to an activating group) is 1. The van der Waals surface area contributed by atoms with E-state index in [-0.39, 0.29) is 11.8 Å². The van der Waals surface area contributed by atoms with Gasteiger partial charge < -0.3 is 29.9 Å². The zero-order valence-electron chi connectivity index (χ0n) is 23.0. The van der Waals surface area contributed by atoms with Crippen molar-refractivity contribution in [3.05, 3.63) is 59.6 Å². The molecular formula is C29H34ClN5O3Si. The molecular weight excluding hydrogens is 530 g/mol. The molecule has 2 N–H and O–H groups in total. The second-order valence-electron chi connectivity index (χ2n) is 10.4. The molecule has 4 rings (SSSR count). The summed E-state index contributed by atoms with van der Waals surface area (Å²) < 4.78 is 11.7. The summed E-state index contributed by atoms with van der Waals surface area (Å²) in [5.74, 6) is 4.29. The van der Waals surface area contributed by atoms with E-state index in [0.717, 1.165) is 37.6 Å². The van der Waals surface area contributed by atoms with E-state index in [1.54, 1.807) is 43.5 Å². The van der Waals surface area contributed by atoms with Crippen molar-refractivity contribution in [3.8, 4) is 28.8 Å². The molecule has 8 nitrogen and oxygen atoms in total. The molecule has 1 fully saturated rings. The van der Waals surface area contributed by atoms with Crippen LogP contribution in [0.25, 0.3) is 0 Å². The molecule has 0 radical (unpaired) electrons. The Labute approximate surface area is 236 Å². The smallest absolute Gasteiger partial charge is 0.299 e. The monoisotopic (exact) mass is 563 g/mol. The predicted octanol–water partition coefficient (Wildman–Crippen LogP) is 5.85. The van der Waals surface area contributed by atoms with Gasteiger partial charge in [0.2, 0.25) is 5.88 Å². The van der Waals surface area contributed by atoms with Gasteiger partial charge in [-0.05, 0) is 49.4 Å². The summed E-state index contributed by atoms with van der Waals surface area (Å²) in [5.41, 5.74) is 5.53. The number of nitrogens with zero attached hydrogens (tertiary/aromatic N) is 3. The number of carbonyl (C=O) groups excluding carboxylic acids is 1. The van der Waals surface area contributed by atoms with E-state index in [2.05, 4.69) is 69.6 Å². The molecule has 0 aliphatic carbocycles. The number of carbonyl (C=O) groups is 1. The lowest BCUT2D eigenvalue weighted by atomic mass is 10.2. The van der Waals surface area contributed by atoms with Gasteiger partial charge in [-0.3, -0.25) is 4.79 Å². The highest BCUT2D eigenvalue weighted by atomic mass is 35.5. The van der Waals surface area contributed by atoms with Crippen molar-refractivity contribution in [2.75, 3.05) is 55.9 Å². The van der Waals surface area contributed by atoms with Crippen molar-refractivity contribution in [2.45, 2.75) is 19.6 Å². The summed E-state index contributed by atoms with van der Waals surface area (Å²) in [4.78, 5) is 21.5. The van der Waals surface area contributed by atoms with Gasteiger partial charge in [-0.2, -0.15) is 4.98 Å². The highest BCUT2D eigenvalue weighted by Crippen LogP contribution is 2.34. The number of amides is 1. The SMILES string of the molecule is COc1cc(N2CCN(C)CC2)ccc1Nc1ccc(Cl)c(Oc2cccc(NC(=O)C#C[Si](C)(C)C)c2)n1. The van der Waals surface area contributed by atoms with Gasteiger partial charge in [0.05, 0.1) is 12.8 Å². The number of rotatable bonds is 7. The Hall–Kier alpha value is -3.71. The zero-order valence-corrected chi connectivity index (χ0v) is 24.7. The number of hydrogen-bond donors (Lipinski definition) is 2. The van der Waals surface area contributed by atoms with Crippen molar-refractivity contribution in [1.82, 2.24) is 9.88 Å². The van der Waals surface area contributed by atoms with Crippen LogP contribution in [0.3, 0.4) is 0 Å². The number of methoxy groups -OCH3 is 1. The van der Waals surface area contributed by atoms with Crippen LogP contribution in [0.2, 0.25) is 24.7 Å². The third kappa shape index (κ3) is 8.13. The van der Waals surface area contributed by atoms with E-state index >= 15 is 0 Å². The lowest BCUT2D eigenvalue weighted by Gasteiger charge is -2.34. The molecule has 204 valence electrons. The number of nitrogens with one attached hydrogen (secondary N) is 2. The van der Waals surface area contributed by atoms with Gasteiger partial charge in [0.25, 0.3) is 5.91 Å². The molecule has 39 heavy (non-hydrogen) atoms. The molecule has 10 heteroatoms. The lowest BCUT2D eigenvalue weighted by molar-refractivity contribution is -0.111. The summed E-state index contributed by atoms with van der Waals surface area (Å²) in [6, 6.07) is 16.6. The minimum absolute atomic E-state index is 0.233. The molecule has 1 saturated heterocycles. The van der Waals surface area contributed by atoms with Gasteiger partial charge in [-0.25, -0.2) is 0 Å². The Morgan fingerprint density at radius 2 is 1.82 bits per heavy atom. The highest BCUT2D eigenvalue weighted by molar-refractivity contribution is 6.84. The van der Waals surface area contributed by atoms with E-state index in [9.17, 15) is 4.79 Å². The number of hydrogen-bond acceptors (Lipinski definition) is 7. The summed E-state index contributed by atoms with van der Waals surface area (Å²) in [7, 11) is 2.15. The molecule has 0 bridgehead atoms. The van der Waals surface area contributed by atoms with E-state index in [1.807, 2.05) is 12.1 Å². The van der Waals surface area contributed by atoms with Gasteiger partial charge in [0.1, 0.15) is 30.4 Å². The molecule has 0 unspecified atom stereocenters. The summed E-state index contributed by atoms with van der Waals surface area (Å²) in [6.45, 7) is 10.3. The van der Waals surface area contributed by atoms with Crippen molar-refractivity contribution in [3.63, 3.8) is 0 Å². The van der Waals surface area contributed by atoms with Crippen LogP contribution in [0.15, 0.2) is 54.6 Å². The number of aromatic nitrogens is 1. The number of anilines is 4. The first-order chi connectivity index (χ1) is 18.6. The maximum Gasteiger partial charge on any atom is 0.299 e. The molecule has 0 atom stereocenters. The second-order valence-corrected chi connectivity index (χ2v) is 15.5. The molecule has 2 heterocycles. The van der Waals surface area contributed by atoms with Crippen molar-refractivity contribution < 1.29 is 14.3 Å². The highest BCUT2D eigenvalue weighted by Gasteiger charge is 2.17. The molecule has 2 aromatic carbocycles. The molecule has 3 aromatic rings. The number of benzene rings is 2.